The molecule has 2 aliphatic rings. The van der Waals surface area contributed by atoms with E-state index in [9.17, 15) is 9.59 Å². The first-order valence-corrected chi connectivity index (χ1v) is 12.8. The molecule has 0 aromatic heterocycles. The minimum atomic E-state index is -2.04. The van der Waals surface area contributed by atoms with Gasteiger partial charge in [0, 0.05) is 25.7 Å². The largest absolute Gasteiger partial charge is 0.463 e. The molecule has 2 fully saturated rings. The molecule has 0 aromatic rings. The molecule has 0 amide bonds. The number of hydrogen-bond acceptors (Lipinski definition) is 9. The van der Waals surface area contributed by atoms with E-state index in [0.29, 0.717) is 0 Å². The van der Waals surface area contributed by atoms with Crippen molar-refractivity contribution in [2.45, 2.75) is 83.2 Å². The summed E-state index contributed by atoms with van der Waals surface area (Å²) in [4.78, 5) is 22.9. The highest BCUT2D eigenvalue weighted by atomic mass is 35.6. The third-order valence-electron chi connectivity index (χ3n) is 7.12. The van der Waals surface area contributed by atoms with E-state index in [4.69, 9.17) is 68.6 Å². The van der Waals surface area contributed by atoms with Crippen molar-refractivity contribution in [1.82, 2.24) is 0 Å². The standard InChI is InChI=1S/C23H36Cl3NO8/c1-10-11(2)17(8-30-15(6)28)32-20(13(10)4)34-19-12(3)14(5)21(35-22(27)23(24,25)26)33-18(19)9-31-16(7)29/h10-14,17-21,27H,8-9H2,1-7H3/t10-,11+,12+,13?,14?,17?,18?,19-,20-,21+/m0/s1. The first-order valence-electron chi connectivity index (χ1n) is 11.7. The van der Waals surface area contributed by atoms with Crippen LogP contribution in [-0.4, -0.2) is 65.7 Å². The van der Waals surface area contributed by atoms with Crippen molar-refractivity contribution in [1.29, 1.82) is 5.41 Å². The van der Waals surface area contributed by atoms with Crippen molar-refractivity contribution in [2.24, 2.45) is 29.6 Å². The zero-order valence-corrected chi connectivity index (χ0v) is 23.4. The quantitative estimate of drug-likeness (QED) is 0.210. The van der Waals surface area contributed by atoms with Gasteiger partial charge in [0.25, 0.3) is 3.79 Å². The molecular weight excluding hydrogens is 525 g/mol. The lowest BCUT2D eigenvalue weighted by molar-refractivity contribution is -0.320. The summed E-state index contributed by atoms with van der Waals surface area (Å²) in [7, 11) is 0. The Kier molecular flexibility index (Phi) is 10.9. The predicted molar refractivity (Wildman–Crippen MR) is 130 cm³/mol. The van der Waals surface area contributed by atoms with Crippen molar-refractivity contribution in [2.75, 3.05) is 13.2 Å². The molecule has 12 heteroatoms. The van der Waals surface area contributed by atoms with E-state index in [2.05, 4.69) is 13.8 Å². The summed E-state index contributed by atoms with van der Waals surface area (Å²) in [6, 6.07) is 0. The van der Waals surface area contributed by atoms with Gasteiger partial charge in [-0.25, -0.2) is 0 Å². The molecule has 0 spiro atoms. The zero-order valence-electron chi connectivity index (χ0n) is 21.1. The van der Waals surface area contributed by atoms with Crippen LogP contribution >= 0.6 is 34.8 Å². The lowest BCUT2D eigenvalue weighted by Gasteiger charge is -2.48. The monoisotopic (exact) mass is 559 g/mol. The molecule has 0 radical (unpaired) electrons. The highest BCUT2D eigenvalue weighted by Crippen LogP contribution is 2.40. The van der Waals surface area contributed by atoms with E-state index in [-0.39, 0.29) is 54.9 Å². The first-order chi connectivity index (χ1) is 16.1. The van der Waals surface area contributed by atoms with Gasteiger partial charge >= 0.3 is 11.9 Å². The highest BCUT2D eigenvalue weighted by molar-refractivity contribution is 6.76. The van der Waals surface area contributed by atoms with Gasteiger partial charge in [-0.15, -0.1) is 0 Å². The number of carbonyl (C=O) groups excluding carboxylic acids is 2. The maximum Gasteiger partial charge on any atom is 0.302 e. The average Bonchev–Trinajstić information content (AvgIpc) is 2.75. The van der Waals surface area contributed by atoms with Crippen LogP contribution in [0.25, 0.3) is 0 Å². The van der Waals surface area contributed by atoms with Gasteiger partial charge in [-0.2, -0.15) is 0 Å². The summed E-state index contributed by atoms with van der Waals surface area (Å²) in [5, 5.41) is 7.91. The fourth-order valence-electron chi connectivity index (χ4n) is 4.31. The first kappa shape index (κ1) is 30.4. The van der Waals surface area contributed by atoms with Crippen molar-refractivity contribution in [3.05, 3.63) is 0 Å². The van der Waals surface area contributed by atoms with Gasteiger partial charge in [0.15, 0.2) is 6.29 Å². The van der Waals surface area contributed by atoms with E-state index in [0.717, 1.165) is 0 Å². The maximum absolute atomic E-state index is 11.5. The summed E-state index contributed by atoms with van der Waals surface area (Å²) in [6.45, 7) is 12.7. The van der Waals surface area contributed by atoms with Crippen LogP contribution in [0.2, 0.25) is 0 Å². The number of esters is 2. The van der Waals surface area contributed by atoms with Crippen LogP contribution in [0.4, 0.5) is 0 Å². The lowest BCUT2D eigenvalue weighted by atomic mass is 9.78. The van der Waals surface area contributed by atoms with Gasteiger partial charge < -0.3 is 28.4 Å². The number of alkyl halides is 3. The number of halogens is 3. The van der Waals surface area contributed by atoms with E-state index in [1.54, 1.807) is 0 Å². The van der Waals surface area contributed by atoms with E-state index in [1.807, 2.05) is 20.8 Å². The number of carbonyl (C=O) groups is 2. The minimum Gasteiger partial charge on any atom is -0.463 e. The number of hydrogen-bond donors (Lipinski definition) is 1. The molecule has 9 nitrogen and oxygen atoms in total. The normalized spacial score (nSPS) is 37.9. The molecule has 2 aliphatic heterocycles. The molecule has 2 rings (SSSR count). The summed E-state index contributed by atoms with van der Waals surface area (Å²) in [5.41, 5.74) is 0. The Morgan fingerprint density at radius 2 is 1.26 bits per heavy atom. The van der Waals surface area contributed by atoms with Gasteiger partial charge in [0.05, 0.1) is 12.2 Å². The molecule has 10 atom stereocenters. The second kappa shape index (κ2) is 12.6. The van der Waals surface area contributed by atoms with Gasteiger partial charge in [0.2, 0.25) is 12.2 Å². The summed E-state index contributed by atoms with van der Waals surface area (Å²) in [5.74, 6) is -1.47. The third-order valence-corrected chi connectivity index (χ3v) is 7.63. The van der Waals surface area contributed by atoms with Crippen molar-refractivity contribution < 1.29 is 38.0 Å². The minimum absolute atomic E-state index is 0.0296. The molecule has 0 aromatic carbocycles. The molecule has 0 bridgehead atoms. The molecule has 1 N–H and O–H groups in total. The molecule has 202 valence electrons. The van der Waals surface area contributed by atoms with Crippen molar-refractivity contribution in [3.63, 3.8) is 0 Å². The Labute approximate surface area is 221 Å². The fourth-order valence-corrected chi connectivity index (χ4v) is 4.44. The predicted octanol–water partition coefficient (Wildman–Crippen LogP) is 4.49. The van der Waals surface area contributed by atoms with Crippen LogP contribution in [0.1, 0.15) is 48.5 Å². The third kappa shape index (κ3) is 8.07. The Morgan fingerprint density at radius 1 is 0.771 bits per heavy atom. The Hall–Kier alpha value is -0.840. The van der Waals surface area contributed by atoms with Gasteiger partial charge in [-0.3, -0.25) is 15.0 Å². The second-order valence-electron chi connectivity index (χ2n) is 9.53. The van der Waals surface area contributed by atoms with Gasteiger partial charge in [-0.05, 0) is 17.8 Å². The fraction of sp³-hybridized carbons (Fsp3) is 0.870. The smallest absolute Gasteiger partial charge is 0.302 e. The van der Waals surface area contributed by atoms with E-state index in [1.165, 1.54) is 13.8 Å². The van der Waals surface area contributed by atoms with Gasteiger partial charge in [0.1, 0.15) is 19.3 Å². The lowest BCUT2D eigenvalue weighted by Crippen LogP contribution is -2.57. The van der Waals surface area contributed by atoms with Crippen LogP contribution in [0, 0.1) is 35.0 Å². The summed E-state index contributed by atoms with van der Waals surface area (Å²) >= 11 is 17.3. The van der Waals surface area contributed by atoms with Crippen LogP contribution in [0.5, 0.6) is 0 Å². The molecule has 0 aliphatic carbocycles. The molecule has 2 saturated heterocycles. The van der Waals surface area contributed by atoms with Crippen LogP contribution in [0.15, 0.2) is 0 Å². The Balaban J connectivity index is 2.22. The average molecular weight is 561 g/mol. The summed E-state index contributed by atoms with van der Waals surface area (Å²) in [6.07, 6.45) is -3.13. The van der Waals surface area contributed by atoms with Gasteiger partial charge in [-0.1, -0.05) is 69.4 Å². The second-order valence-corrected chi connectivity index (χ2v) is 11.8. The molecule has 4 unspecified atom stereocenters. The molecular formula is C23H36Cl3NO8. The van der Waals surface area contributed by atoms with Crippen LogP contribution in [-0.2, 0) is 38.0 Å². The van der Waals surface area contributed by atoms with Crippen LogP contribution in [0.3, 0.4) is 0 Å². The van der Waals surface area contributed by atoms with E-state index < -0.39 is 40.4 Å². The number of rotatable bonds is 7. The van der Waals surface area contributed by atoms with Crippen LogP contribution < -0.4 is 0 Å². The molecule has 0 saturated carbocycles. The number of nitrogens with one attached hydrogen (secondary N) is 1. The van der Waals surface area contributed by atoms with Crippen molar-refractivity contribution >= 4 is 52.6 Å². The van der Waals surface area contributed by atoms with Crippen molar-refractivity contribution in [3.8, 4) is 0 Å². The SMILES string of the molecule is CC(=O)OCC1O[C@H](OC(=N)C(Cl)(Cl)Cl)C(C)[C@@H](C)[C@@H]1O[C@@H]1OC(COC(C)=O)[C@H](C)[C@H](C)C1C. The summed E-state index contributed by atoms with van der Waals surface area (Å²) < 4.78 is 32.7. The number of ether oxygens (including phenoxy) is 6. The molecule has 2 heterocycles. The topological polar surface area (TPSA) is 113 Å². The van der Waals surface area contributed by atoms with E-state index >= 15 is 0 Å². The maximum atomic E-state index is 11.5. The molecule has 35 heavy (non-hydrogen) atoms. The highest BCUT2D eigenvalue weighted by Gasteiger charge is 2.49. The Bertz CT molecular complexity index is 764. The zero-order chi connectivity index (χ0) is 26.7. The Morgan fingerprint density at radius 3 is 1.77 bits per heavy atom.